The highest BCUT2D eigenvalue weighted by Gasteiger charge is 2.09. The number of ether oxygens (including phenoxy) is 1. The fraction of sp³-hybridized carbons (Fsp3) is 0.562. The fourth-order valence-corrected chi connectivity index (χ4v) is 1.95. The third-order valence-electron chi connectivity index (χ3n) is 3.08. The van der Waals surface area contributed by atoms with Crippen molar-refractivity contribution in [2.75, 3.05) is 6.61 Å². The minimum atomic E-state index is 0.0461. The summed E-state index contributed by atoms with van der Waals surface area (Å²) in [4.78, 5) is 11.7. The normalized spacial score (nSPS) is 11.9. The highest BCUT2D eigenvalue weighted by Crippen LogP contribution is 2.17. The van der Waals surface area contributed by atoms with Crippen LogP contribution in [0, 0.1) is 0 Å². The lowest BCUT2D eigenvalue weighted by Crippen LogP contribution is -2.26. The van der Waals surface area contributed by atoms with E-state index in [0.717, 1.165) is 30.6 Å². The van der Waals surface area contributed by atoms with Gasteiger partial charge in [0, 0.05) is 6.42 Å². The average molecular weight is 263 g/mol. The van der Waals surface area contributed by atoms with Crippen molar-refractivity contribution in [2.45, 2.75) is 52.5 Å². The molecular weight excluding hydrogens is 238 g/mol. The Balaban J connectivity index is 2.43. The molecule has 1 aromatic carbocycles. The molecule has 106 valence electrons. The number of hydrogen-bond acceptors (Lipinski definition) is 2. The molecule has 1 rings (SSSR count). The maximum atomic E-state index is 11.7. The monoisotopic (exact) mass is 263 g/mol. The molecule has 1 atom stereocenters. The summed E-state index contributed by atoms with van der Waals surface area (Å²) >= 11 is 0. The van der Waals surface area contributed by atoms with Crippen LogP contribution < -0.4 is 10.1 Å². The molecule has 19 heavy (non-hydrogen) atoms. The lowest BCUT2D eigenvalue weighted by molar-refractivity contribution is -0.121. The van der Waals surface area contributed by atoms with Gasteiger partial charge in [0.1, 0.15) is 5.75 Å². The molecule has 3 heteroatoms. The number of unbranched alkanes of at least 4 members (excludes halogenated alkanes) is 2. The summed E-state index contributed by atoms with van der Waals surface area (Å²) in [5.41, 5.74) is 1.10. The van der Waals surface area contributed by atoms with E-state index in [0.29, 0.717) is 13.0 Å². The average Bonchev–Trinajstić information content (AvgIpc) is 2.40. The molecule has 1 N–H and O–H groups in total. The Hall–Kier alpha value is -1.51. The van der Waals surface area contributed by atoms with Crippen LogP contribution in [0.3, 0.4) is 0 Å². The first-order valence-corrected chi connectivity index (χ1v) is 7.19. The van der Waals surface area contributed by atoms with E-state index in [1.54, 1.807) is 0 Å². The van der Waals surface area contributed by atoms with Crippen LogP contribution in [0.25, 0.3) is 0 Å². The zero-order valence-corrected chi connectivity index (χ0v) is 12.2. The molecule has 0 saturated carbocycles. The molecular formula is C16H25NO2. The Kier molecular flexibility index (Phi) is 7.01. The molecule has 0 fully saturated rings. The van der Waals surface area contributed by atoms with E-state index in [-0.39, 0.29) is 11.9 Å². The van der Waals surface area contributed by atoms with Gasteiger partial charge in [-0.1, -0.05) is 31.9 Å². The second kappa shape index (κ2) is 8.57. The maximum absolute atomic E-state index is 11.7. The van der Waals surface area contributed by atoms with E-state index in [1.165, 1.54) is 0 Å². The van der Waals surface area contributed by atoms with Crippen molar-refractivity contribution in [1.29, 1.82) is 0 Å². The molecule has 0 spiro atoms. The molecule has 1 amide bonds. The van der Waals surface area contributed by atoms with Gasteiger partial charge in [0.2, 0.25) is 5.91 Å². The predicted molar refractivity (Wildman–Crippen MR) is 78.3 cm³/mol. The minimum absolute atomic E-state index is 0.0461. The van der Waals surface area contributed by atoms with Crippen LogP contribution in [0.15, 0.2) is 24.3 Å². The molecule has 1 aromatic rings. The van der Waals surface area contributed by atoms with Crippen LogP contribution in [0.5, 0.6) is 5.75 Å². The number of carbonyl (C=O) groups is 1. The van der Waals surface area contributed by atoms with E-state index >= 15 is 0 Å². The molecule has 0 aliphatic rings. The summed E-state index contributed by atoms with van der Waals surface area (Å²) in [6.45, 7) is 6.78. The summed E-state index contributed by atoms with van der Waals surface area (Å²) < 4.78 is 5.40. The van der Waals surface area contributed by atoms with Gasteiger partial charge in [-0.05, 0) is 38.0 Å². The largest absolute Gasteiger partial charge is 0.494 e. The van der Waals surface area contributed by atoms with E-state index in [1.807, 2.05) is 38.1 Å². The Labute approximate surface area is 116 Å². The van der Waals surface area contributed by atoms with Gasteiger partial charge >= 0.3 is 0 Å². The number of carbonyl (C=O) groups excluding carboxylic acids is 1. The van der Waals surface area contributed by atoms with Gasteiger partial charge in [0.25, 0.3) is 0 Å². The molecule has 0 bridgehead atoms. The number of benzene rings is 1. The predicted octanol–water partition coefficient (Wildman–Crippen LogP) is 3.84. The summed E-state index contributed by atoms with van der Waals surface area (Å²) in [6.07, 6.45) is 3.85. The third-order valence-corrected chi connectivity index (χ3v) is 3.08. The van der Waals surface area contributed by atoms with Crippen LogP contribution in [0.1, 0.15) is 58.1 Å². The van der Waals surface area contributed by atoms with E-state index in [9.17, 15) is 4.79 Å². The third kappa shape index (κ3) is 5.77. The van der Waals surface area contributed by atoms with Crippen molar-refractivity contribution in [3.05, 3.63) is 29.8 Å². The van der Waals surface area contributed by atoms with Gasteiger partial charge in [-0.2, -0.15) is 0 Å². The molecule has 0 aliphatic heterocycles. The minimum Gasteiger partial charge on any atom is -0.494 e. The molecule has 0 radical (unpaired) electrons. The first kappa shape index (κ1) is 15.5. The van der Waals surface area contributed by atoms with Crippen LogP contribution in [0.4, 0.5) is 0 Å². The zero-order valence-electron chi connectivity index (χ0n) is 12.2. The first-order valence-electron chi connectivity index (χ1n) is 7.19. The lowest BCUT2D eigenvalue weighted by Gasteiger charge is -2.15. The zero-order chi connectivity index (χ0) is 14.1. The molecule has 0 heterocycles. The maximum Gasteiger partial charge on any atom is 0.220 e. The van der Waals surface area contributed by atoms with Crippen molar-refractivity contribution < 1.29 is 9.53 Å². The molecule has 1 unspecified atom stereocenters. The van der Waals surface area contributed by atoms with Crippen LogP contribution in [0.2, 0.25) is 0 Å². The number of amides is 1. The quantitative estimate of drug-likeness (QED) is 0.724. The topological polar surface area (TPSA) is 38.3 Å². The van der Waals surface area contributed by atoms with Crippen molar-refractivity contribution in [3.63, 3.8) is 0 Å². The number of nitrogens with one attached hydrogen (secondary N) is 1. The lowest BCUT2D eigenvalue weighted by atomic mass is 10.1. The van der Waals surface area contributed by atoms with E-state index < -0.39 is 0 Å². The van der Waals surface area contributed by atoms with Crippen molar-refractivity contribution >= 4 is 5.91 Å². The Morgan fingerprint density at radius 3 is 2.47 bits per heavy atom. The van der Waals surface area contributed by atoms with Crippen molar-refractivity contribution in [1.82, 2.24) is 5.32 Å². The Morgan fingerprint density at radius 1 is 1.21 bits per heavy atom. The Bertz CT molecular complexity index is 373. The molecule has 0 saturated heterocycles. The summed E-state index contributed by atoms with van der Waals surface area (Å²) in [6, 6.07) is 7.94. The van der Waals surface area contributed by atoms with Gasteiger partial charge in [0.15, 0.2) is 0 Å². The molecule has 0 aromatic heterocycles. The smallest absolute Gasteiger partial charge is 0.220 e. The SMILES string of the molecule is CCCCCC(=O)NC(C)c1ccc(OCC)cc1. The summed E-state index contributed by atoms with van der Waals surface area (Å²) in [5.74, 6) is 1.00. The fourth-order valence-electron chi connectivity index (χ4n) is 1.95. The first-order chi connectivity index (χ1) is 9.17. The van der Waals surface area contributed by atoms with Crippen molar-refractivity contribution in [2.24, 2.45) is 0 Å². The second-order valence-corrected chi connectivity index (χ2v) is 4.75. The van der Waals surface area contributed by atoms with Crippen LogP contribution in [-0.4, -0.2) is 12.5 Å². The van der Waals surface area contributed by atoms with Crippen LogP contribution in [-0.2, 0) is 4.79 Å². The van der Waals surface area contributed by atoms with Gasteiger partial charge < -0.3 is 10.1 Å². The second-order valence-electron chi connectivity index (χ2n) is 4.75. The van der Waals surface area contributed by atoms with Gasteiger partial charge in [-0.15, -0.1) is 0 Å². The standard InChI is InChI=1S/C16H25NO2/c1-4-6-7-8-16(18)17-13(3)14-9-11-15(12-10-14)19-5-2/h9-13H,4-8H2,1-3H3,(H,17,18). The van der Waals surface area contributed by atoms with E-state index in [2.05, 4.69) is 12.2 Å². The van der Waals surface area contributed by atoms with E-state index in [4.69, 9.17) is 4.74 Å². The van der Waals surface area contributed by atoms with Gasteiger partial charge in [-0.25, -0.2) is 0 Å². The number of rotatable bonds is 8. The summed E-state index contributed by atoms with van der Waals surface area (Å²) in [5, 5.41) is 3.03. The Morgan fingerprint density at radius 2 is 1.89 bits per heavy atom. The number of hydrogen-bond donors (Lipinski definition) is 1. The van der Waals surface area contributed by atoms with Gasteiger partial charge in [0.05, 0.1) is 12.6 Å². The highest BCUT2D eigenvalue weighted by molar-refractivity contribution is 5.76. The summed E-state index contributed by atoms with van der Waals surface area (Å²) in [7, 11) is 0. The van der Waals surface area contributed by atoms with Crippen molar-refractivity contribution in [3.8, 4) is 5.75 Å². The highest BCUT2D eigenvalue weighted by atomic mass is 16.5. The molecule has 3 nitrogen and oxygen atoms in total. The molecule has 0 aliphatic carbocycles. The van der Waals surface area contributed by atoms with Crippen LogP contribution >= 0.6 is 0 Å². The van der Waals surface area contributed by atoms with Gasteiger partial charge in [-0.3, -0.25) is 4.79 Å².